The minimum Gasteiger partial charge on any atom is -0.483 e. The Morgan fingerprint density at radius 2 is 1.80 bits per heavy atom. The summed E-state index contributed by atoms with van der Waals surface area (Å²) in [6.45, 7) is 4.82. The molecule has 0 spiro atoms. The monoisotopic (exact) mass is 419 g/mol. The molecule has 3 aliphatic rings. The number of carbonyl (C=O) groups is 2. The number of amides is 1. The Morgan fingerprint density at radius 1 is 1.17 bits per heavy atom. The van der Waals surface area contributed by atoms with E-state index in [0.29, 0.717) is 5.91 Å². The van der Waals surface area contributed by atoms with Crippen molar-refractivity contribution < 1.29 is 14.7 Å². The number of carboxylic acid groups (broad SMARTS) is 1. The first kappa shape index (κ1) is 22.6. The predicted octanol–water partition coefficient (Wildman–Crippen LogP) is 2.57. The second-order valence-electron chi connectivity index (χ2n) is 8.99. The average molecular weight is 420 g/mol. The Kier molecular flexibility index (Phi) is 8.13. The summed E-state index contributed by atoms with van der Waals surface area (Å²) in [5.74, 6) is 1.98. The first-order chi connectivity index (χ1) is 14.6. The number of hydrogen-bond donors (Lipinski definition) is 2. The molecule has 168 valence electrons. The molecular formula is C22H37N5O3. The molecule has 1 aliphatic carbocycles. The van der Waals surface area contributed by atoms with E-state index in [1.54, 1.807) is 4.68 Å². The van der Waals surface area contributed by atoms with Gasteiger partial charge in [0.25, 0.3) is 6.47 Å². The maximum atomic E-state index is 13.4. The largest absolute Gasteiger partial charge is 0.483 e. The first-order valence-electron chi connectivity index (χ1n) is 11.4. The highest BCUT2D eigenvalue weighted by Crippen LogP contribution is 2.32. The van der Waals surface area contributed by atoms with Crippen LogP contribution in [0.1, 0.15) is 57.8 Å². The van der Waals surface area contributed by atoms with Crippen LogP contribution in [0.4, 0.5) is 5.82 Å². The Morgan fingerprint density at radius 3 is 2.37 bits per heavy atom. The van der Waals surface area contributed by atoms with E-state index in [1.165, 1.54) is 38.6 Å². The van der Waals surface area contributed by atoms with Gasteiger partial charge in [-0.05, 0) is 44.4 Å². The van der Waals surface area contributed by atoms with Gasteiger partial charge in [-0.25, -0.2) is 0 Å². The van der Waals surface area contributed by atoms with Crippen LogP contribution in [0.3, 0.4) is 0 Å². The van der Waals surface area contributed by atoms with Crippen molar-refractivity contribution in [1.29, 1.82) is 0 Å². The van der Waals surface area contributed by atoms with Crippen molar-refractivity contribution in [3.8, 4) is 0 Å². The van der Waals surface area contributed by atoms with E-state index in [1.807, 2.05) is 19.3 Å². The molecule has 0 unspecified atom stereocenters. The van der Waals surface area contributed by atoms with E-state index in [0.717, 1.165) is 63.6 Å². The SMILES string of the molecule is Cn1ccc(NC2(C(=O)N3CCCC3)CCN(CC3CCCCC3)CC2)n1.O=CO. The number of aromatic nitrogens is 2. The molecule has 30 heavy (non-hydrogen) atoms. The summed E-state index contributed by atoms with van der Waals surface area (Å²) in [7, 11) is 1.92. The van der Waals surface area contributed by atoms with Crippen molar-refractivity contribution in [2.45, 2.75) is 63.3 Å². The van der Waals surface area contributed by atoms with E-state index < -0.39 is 5.54 Å². The molecular weight excluding hydrogens is 382 g/mol. The zero-order chi connectivity index (χ0) is 21.4. The molecule has 2 aliphatic heterocycles. The fraction of sp³-hybridized carbons (Fsp3) is 0.773. The van der Waals surface area contributed by atoms with Gasteiger partial charge in [-0.2, -0.15) is 5.10 Å². The van der Waals surface area contributed by atoms with Gasteiger partial charge in [0.1, 0.15) is 11.4 Å². The number of rotatable bonds is 5. The lowest BCUT2D eigenvalue weighted by Gasteiger charge is -2.44. The molecule has 3 fully saturated rings. The second-order valence-corrected chi connectivity index (χ2v) is 8.99. The number of likely N-dealkylation sites (tertiary alicyclic amines) is 2. The van der Waals surface area contributed by atoms with E-state index in [2.05, 4.69) is 20.2 Å². The van der Waals surface area contributed by atoms with E-state index in [-0.39, 0.29) is 6.47 Å². The summed E-state index contributed by atoms with van der Waals surface area (Å²) < 4.78 is 1.80. The number of piperidine rings is 1. The molecule has 0 atom stereocenters. The van der Waals surface area contributed by atoms with Crippen LogP contribution >= 0.6 is 0 Å². The highest BCUT2D eigenvalue weighted by Gasteiger charge is 2.44. The van der Waals surface area contributed by atoms with Crippen LogP contribution in [-0.4, -0.2) is 75.3 Å². The van der Waals surface area contributed by atoms with Crippen LogP contribution in [0.15, 0.2) is 12.3 Å². The molecule has 1 saturated carbocycles. The van der Waals surface area contributed by atoms with Crippen LogP contribution in [-0.2, 0) is 16.6 Å². The van der Waals surface area contributed by atoms with E-state index >= 15 is 0 Å². The van der Waals surface area contributed by atoms with Gasteiger partial charge in [-0.3, -0.25) is 14.3 Å². The van der Waals surface area contributed by atoms with Crippen LogP contribution < -0.4 is 5.32 Å². The lowest BCUT2D eigenvalue weighted by Crippen LogP contribution is -2.59. The number of carbonyl (C=O) groups excluding carboxylic acids is 1. The Bertz CT molecular complexity index is 672. The quantitative estimate of drug-likeness (QED) is 0.713. The molecule has 1 amide bonds. The van der Waals surface area contributed by atoms with Gasteiger partial charge < -0.3 is 20.2 Å². The summed E-state index contributed by atoms with van der Waals surface area (Å²) in [6, 6.07) is 1.98. The zero-order valence-corrected chi connectivity index (χ0v) is 18.3. The summed E-state index contributed by atoms with van der Waals surface area (Å²) in [5.41, 5.74) is -0.484. The van der Waals surface area contributed by atoms with E-state index in [9.17, 15) is 4.79 Å². The van der Waals surface area contributed by atoms with Crippen molar-refractivity contribution in [1.82, 2.24) is 19.6 Å². The fourth-order valence-corrected chi connectivity index (χ4v) is 5.19. The third-order valence-electron chi connectivity index (χ3n) is 6.83. The first-order valence-corrected chi connectivity index (χ1v) is 11.4. The van der Waals surface area contributed by atoms with Crippen LogP contribution in [0, 0.1) is 5.92 Å². The van der Waals surface area contributed by atoms with Gasteiger partial charge in [-0.1, -0.05) is 19.3 Å². The molecule has 2 saturated heterocycles. The van der Waals surface area contributed by atoms with Crippen LogP contribution in [0.5, 0.6) is 0 Å². The number of nitrogens with zero attached hydrogens (tertiary/aromatic N) is 4. The van der Waals surface area contributed by atoms with Gasteiger partial charge in [-0.15, -0.1) is 0 Å². The minimum absolute atomic E-state index is 0.250. The molecule has 1 aromatic rings. The lowest BCUT2D eigenvalue weighted by atomic mass is 9.84. The predicted molar refractivity (Wildman–Crippen MR) is 116 cm³/mol. The van der Waals surface area contributed by atoms with Gasteiger partial charge >= 0.3 is 0 Å². The maximum Gasteiger partial charge on any atom is 0.290 e. The topological polar surface area (TPSA) is 90.7 Å². The average Bonchev–Trinajstić information content (AvgIpc) is 3.42. The molecule has 0 radical (unpaired) electrons. The molecule has 3 heterocycles. The van der Waals surface area contributed by atoms with Crippen molar-refractivity contribution in [2.24, 2.45) is 13.0 Å². The third kappa shape index (κ3) is 5.74. The molecule has 0 aromatic carbocycles. The molecule has 4 rings (SSSR count). The van der Waals surface area contributed by atoms with Crippen molar-refractivity contribution in [3.63, 3.8) is 0 Å². The molecule has 8 heteroatoms. The zero-order valence-electron chi connectivity index (χ0n) is 18.3. The smallest absolute Gasteiger partial charge is 0.290 e. The minimum atomic E-state index is -0.484. The summed E-state index contributed by atoms with van der Waals surface area (Å²) in [6.07, 6.45) is 13.0. The van der Waals surface area contributed by atoms with Gasteiger partial charge in [0.05, 0.1) is 0 Å². The molecule has 8 nitrogen and oxygen atoms in total. The fourth-order valence-electron chi connectivity index (χ4n) is 5.19. The number of anilines is 1. The summed E-state index contributed by atoms with van der Waals surface area (Å²) in [4.78, 5) is 26.5. The van der Waals surface area contributed by atoms with Gasteiger partial charge in [0.15, 0.2) is 0 Å². The number of aryl methyl sites for hydroxylation is 1. The normalized spacial score (nSPS) is 22.2. The maximum absolute atomic E-state index is 13.4. The van der Waals surface area contributed by atoms with Crippen molar-refractivity contribution in [2.75, 3.05) is 38.0 Å². The van der Waals surface area contributed by atoms with Crippen LogP contribution in [0.25, 0.3) is 0 Å². The highest BCUT2D eigenvalue weighted by atomic mass is 16.3. The number of hydrogen-bond acceptors (Lipinski definition) is 5. The Labute approximate surface area is 179 Å². The Hall–Kier alpha value is -2.09. The van der Waals surface area contributed by atoms with Crippen LogP contribution in [0.2, 0.25) is 0 Å². The van der Waals surface area contributed by atoms with Gasteiger partial charge in [0, 0.05) is 52.0 Å². The second kappa shape index (κ2) is 10.8. The lowest BCUT2D eigenvalue weighted by molar-refractivity contribution is -0.136. The summed E-state index contributed by atoms with van der Waals surface area (Å²) in [5, 5.41) is 14.9. The molecule has 0 bridgehead atoms. The van der Waals surface area contributed by atoms with Gasteiger partial charge in [0.2, 0.25) is 5.91 Å². The summed E-state index contributed by atoms with van der Waals surface area (Å²) >= 11 is 0. The Balaban J connectivity index is 0.000000806. The van der Waals surface area contributed by atoms with E-state index in [4.69, 9.17) is 9.90 Å². The van der Waals surface area contributed by atoms with Crippen molar-refractivity contribution >= 4 is 18.2 Å². The molecule has 2 N–H and O–H groups in total. The van der Waals surface area contributed by atoms with Crippen molar-refractivity contribution in [3.05, 3.63) is 12.3 Å². The highest BCUT2D eigenvalue weighted by molar-refractivity contribution is 5.89. The third-order valence-corrected chi connectivity index (χ3v) is 6.83. The number of nitrogens with one attached hydrogen (secondary N) is 1. The standard InChI is InChI=1S/C21H35N5O.CH2O2/c1-24-14-9-19(23-24)22-21(20(27)26-12-5-6-13-26)10-15-25(16-11-21)17-18-7-3-2-4-8-18;2-1-3/h9,14,18H,2-8,10-13,15-17H2,1H3,(H,22,23);1H,(H,2,3). The molecule has 1 aromatic heterocycles.